The summed E-state index contributed by atoms with van der Waals surface area (Å²) in [5.74, 6) is -0.190. The fraction of sp³-hybridized carbons (Fsp3) is 0.300. The molecule has 2 aromatic carbocycles. The van der Waals surface area contributed by atoms with Crippen LogP contribution in [0.1, 0.15) is 36.0 Å². The Hall–Kier alpha value is -2.54. The van der Waals surface area contributed by atoms with Crippen LogP contribution in [-0.4, -0.2) is 24.3 Å². The molecule has 4 rings (SSSR count). The number of carbonyl (C=O) groups excluding carboxylic acids is 2. The molecule has 1 N–H and O–H groups in total. The molecule has 1 saturated carbocycles. The van der Waals surface area contributed by atoms with E-state index in [0.29, 0.717) is 22.7 Å². The van der Waals surface area contributed by atoms with Crippen LogP contribution in [0.3, 0.4) is 0 Å². The van der Waals surface area contributed by atoms with Crippen molar-refractivity contribution in [1.82, 2.24) is 0 Å². The number of halogens is 1. The van der Waals surface area contributed by atoms with Gasteiger partial charge in [0, 0.05) is 29.1 Å². The molecular formula is C20H18BrNO5. The molecule has 0 bridgehead atoms. The van der Waals surface area contributed by atoms with Crippen molar-refractivity contribution >= 4 is 33.5 Å². The minimum atomic E-state index is -0.550. The summed E-state index contributed by atoms with van der Waals surface area (Å²) in [5.41, 5.74) is 0.952. The molecule has 0 atom stereocenters. The summed E-state index contributed by atoms with van der Waals surface area (Å²) in [6, 6.07) is 12.0. The largest absolute Gasteiger partial charge is 0.452 e. The number of esters is 1. The molecule has 2 aliphatic rings. The molecule has 7 heteroatoms. The van der Waals surface area contributed by atoms with Crippen LogP contribution in [0.25, 0.3) is 0 Å². The monoisotopic (exact) mass is 431 g/mol. The molecule has 1 amide bonds. The van der Waals surface area contributed by atoms with Crippen molar-refractivity contribution in [3.8, 4) is 11.5 Å². The van der Waals surface area contributed by atoms with E-state index in [0.717, 1.165) is 30.2 Å². The first-order chi connectivity index (χ1) is 13.0. The maximum atomic E-state index is 12.1. The van der Waals surface area contributed by atoms with Gasteiger partial charge in [-0.15, -0.1) is 0 Å². The van der Waals surface area contributed by atoms with Crippen LogP contribution < -0.4 is 14.8 Å². The van der Waals surface area contributed by atoms with E-state index in [1.165, 1.54) is 0 Å². The van der Waals surface area contributed by atoms with Crippen molar-refractivity contribution < 1.29 is 23.8 Å². The summed E-state index contributed by atoms with van der Waals surface area (Å²) in [7, 11) is 0. The Kier molecular flexibility index (Phi) is 4.78. The first kappa shape index (κ1) is 17.9. The maximum absolute atomic E-state index is 12.1. The molecule has 0 aromatic heterocycles. The highest BCUT2D eigenvalue weighted by Gasteiger charge is 2.44. The van der Waals surface area contributed by atoms with E-state index >= 15 is 0 Å². The third kappa shape index (κ3) is 3.93. The zero-order chi connectivity index (χ0) is 18.9. The SMILES string of the molecule is O=C(COC(=O)c1ccc(Br)cc1)Nc1ccc2c(c1)OC1(CCCC1)O2. The van der Waals surface area contributed by atoms with Gasteiger partial charge in [-0.2, -0.15) is 0 Å². The van der Waals surface area contributed by atoms with Gasteiger partial charge in [-0.05, 0) is 49.2 Å². The number of amides is 1. The molecule has 140 valence electrons. The van der Waals surface area contributed by atoms with Crippen LogP contribution in [-0.2, 0) is 9.53 Å². The van der Waals surface area contributed by atoms with E-state index in [4.69, 9.17) is 14.2 Å². The summed E-state index contributed by atoms with van der Waals surface area (Å²) in [6.07, 6.45) is 3.91. The number of hydrogen-bond acceptors (Lipinski definition) is 5. The van der Waals surface area contributed by atoms with Crippen molar-refractivity contribution in [3.63, 3.8) is 0 Å². The number of benzene rings is 2. The Balaban J connectivity index is 1.33. The quantitative estimate of drug-likeness (QED) is 0.730. The molecule has 6 nitrogen and oxygen atoms in total. The topological polar surface area (TPSA) is 73.9 Å². The van der Waals surface area contributed by atoms with Gasteiger partial charge in [-0.3, -0.25) is 4.79 Å². The summed E-state index contributed by atoms with van der Waals surface area (Å²) >= 11 is 3.30. The van der Waals surface area contributed by atoms with E-state index in [9.17, 15) is 9.59 Å². The lowest BCUT2D eigenvalue weighted by Crippen LogP contribution is -2.34. The number of carbonyl (C=O) groups is 2. The Labute approximate surface area is 164 Å². The average molecular weight is 432 g/mol. The van der Waals surface area contributed by atoms with E-state index < -0.39 is 17.7 Å². The zero-order valence-electron chi connectivity index (χ0n) is 14.5. The van der Waals surface area contributed by atoms with Gasteiger partial charge in [-0.25, -0.2) is 4.79 Å². The predicted molar refractivity (Wildman–Crippen MR) is 102 cm³/mol. The van der Waals surface area contributed by atoms with Gasteiger partial charge < -0.3 is 19.5 Å². The molecule has 0 unspecified atom stereocenters. The zero-order valence-corrected chi connectivity index (χ0v) is 16.1. The smallest absolute Gasteiger partial charge is 0.338 e. The molecule has 1 aliphatic carbocycles. The van der Waals surface area contributed by atoms with Crippen molar-refractivity contribution in [2.45, 2.75) is 31.5 Å². The Morgan fingerprint density at radius 1 is 1.04 bits per heavy atom. The highest BCUT2D eigenvalue weighted by atomic mass is 79.9. The van der Waals surface area contributed by atoms with E-state index in [2.05, 4.69) is 21.2 Å². The predicted octanol–water partition coefficient (Wildman–Crippen LogP) is 4.29. The van der Waals surface area contributed by atoms with E-state index in [-0.39, 0.29) is 6.61 Å². The third-order valence-electron chi connectivity index (χ3n) is 4.60. The van der Waals surface area contributed by atoms with Crippen molar-refractivity contribution in [2.75, 3.05) is 11.9 Å². The number of rotatable bonds is 4. The fourth-order valence-electron chi connectivity index (χ4n) is 3.29. The summed E-state index contributed by atoms with van der Waals surface area (Å²) in [5, 5.41) is 2.71. The van der Waals surface area contributed by atoms with Crippen molar-refractivity contribution in [2.24, 2.45) is 0 Å². The van der Waals surface area contributed by atoms with Crippen LogP contribution in [0.2, 0.25) is 0 Å². The molecule has 0 saturated heterocycles. The molecule has 1 heterocycles. The lowest BCUT2D eigenvalue weighted by molar-refractivity contribution is -0.119. The standard InChI is InChI=1S/C20H18BrNO5/c21-14-5-3-13(4-6-14)19(24)25-12-18(23)22-15-7-8-16-17(11-15)27-20(26-16)9-1-2-10-20/h3-8,11H,1-2,9-10,12H2,(H,22,23). The van der Waals surface area contributed by atoms with Gasteiger partial charge in [0.05, 0.1) is 5.56 Å². The van der Waals surface area contributed by atoms with Crippen molar-refractivity contribution in [3.05, 3.63) is 52.5 Å². The van der Waals surface area contributed by atoms with Crippen LogP contribution in [0, 0.1) is 0 Å². The number of hydrogen-bond donors (Lipinski definition) is 1. The molecular weight excluding hydrogens is 414 g/mol. The van der Waals surface area contributed by atoms with Gasteiger partial charge in [0.2, 0.25) is 0 Å². The first-order valence-electron chi connectivity index (χ1n) is 8.78. The maximum Gasteiger partial charge on any atom is 0.338 e. The van der Waals surface area contributed by atoms with Gasteiger partial charge in [0.1, 0.15) is 0 Å². The summed E-state index contributed by atoms with van der Waals surface area (Å²) in [6.45, 7) is -0.368. The number of ether oxygens (including phenoxy) is 3. The van der Waals surface area contributed by atoms with Crippen LogP contribution in [0.5, 0.6) is 11.5 Å². The number of nitrogens with one attached hydrogen (secondary N) is 1. The lowest BCUT2D eigenvalue weighted by Gasteiger charge is -2.21. The molecule has 27 heavy (non-hydrogen) atoms. The Bertz CT molecular complexity index is 874. The minimum absolute atomic E-state index is 0.368. The average Bonchev–Trinajstić information content (AvgIpc) is 3.26. The van der Waals surface area contributed by atoms with Crippen LogP contribution >= 0.6 is 15.9 Å². The molecule has 1 spiro atoms. The Morgan fingerprint density at radius 2 is 1.74 bits per heavy atom. The molecule has 1 fully saturated rings. The number of fused-ring (bicyclic) bond motifs is 1. The summed E-state index contributed by atoms with van der Waals surface area (Å²) in [4.78, 5) is 24.0. The Morgan fingerprint density at radius 3 is 2.48 bits per heavy atom. The highest BCUT2D eigenvalue weighted by Crippen LogP contribution is 2.47. The van der Waals surface area contributed by atoms with E-state index in [1.54, 1.807) is 42.5 Å². The van der Waals surface area contributed by atoms with E-state index in [1.807, 2.05) is 0 Å². The second kappa shape index (κ2) is 7.23. The van der Waals surface area contributed by atoms with Gasteiger partial charge in [0.25, 0.3) is 11.7 Å². The minimum Gasteiger partial charge on any atom is -0.452 e. The second-order valence-electron chi connectivity index (χ2n) is 6.61. The van der Waals surface area contributed by atoms with Gasteiger partial charge in [-0.1, -0.05) is 15.9 Å². The number of anilines is 1. The third-order valence-corrected chi connectivity index (χ3v) is 5.13. The normalized spacial score (nSPS) is 16.3. The lowest BCUT2D eigenvalue weighted by atomic mass is 10.2. The van der Waals surface area contributed by atoms with Crippen molar-refractivity contribution in [1.29, 1.82) is 0 Å². The van der Waals surface area contributed by atoms with Gasteiger partial charge in [0.15, 0.2) is 18.1 Å². The summed E-state index contributed by atoms with van der Waals surface area (Å²) < 4.78 is 17.8. The fourth-order valence-corrected chi connectivity index (χ4v) is 3.55. The first-order valence-corrected chi connectivity index (χ1v) is 9.57. The molecule has 2 aromatic rings. The van der Waals surface area contributed by atoms with Gasteiger partial charge >= 0.3 is 5.97 Å². The highest BCUT2D eigenvalue weighted by molar-refractivity contribution is 9.10. The molecule has 1 aliphatic heterocycles. The van der Waals surface area contributed by atoms with Crippen LogP contribution in [0.15, 0.2) is 46.9 Å². The van der Waals surface area contributed by atoms with Crippen LogP contribution in [0.4, 0.5) is 5.69 Å². The second-order valence-corrected chi connectivity index (χ2v) is 7.53. The molecule has 0 radical (unpaired) electrons.